The van der Waals surface area contributed by atoms with Gasteiger partial charge < -0.3 is 4.74 Å². The third-order valence-corrected chi connectivity index (χ3v) is 5.85. The van der Waals surface area contributed by atoms with Crippen molar-refractivity contribution < 1.29 is 4.74 Å². The minimum Gasteiger partial charge on any atom is -0.493 e. The smallest absolute Gasteiger partial charge is 0.122 e. The summed E-state index contributed by atoms with van der Waals surface area (Å²) in [4.78, 5) is 0. The van der Waals surface area contributed by atoms with Crippen molar-refractivity contribution in [2.75, 3.05) is 6.61 Å². The van der Waals surface area contributed by atoms with E-state index in [-0.39, 0.29) is 0 Å². The lowest BCUT2D eigenvalue weighted by atomic mass is 10.0. The first-order chi connectivity index (χ1) is 13.8. The molecule has 28 heavy (non-hydrogen) atoms. The molecule has 1 nitrogen and oxygen atoms in total. The van der Waals surface area contributed by atoms with Gasteiger partial charge in [-0.25, -0.2) is 0 Å². The fraction of sp³-hybridized carbons (Fsp3) is 0.778. The third-order valence-electron chi connectivity index (χ3n) is 5.85. The number of benzene rings is 1. The summed E-state index contributed by atoms with van der Waals surface area (Å²) in [6, 6.07) is 8.31. The molecular weight excluding hydrogens is 340 g/mol. The molecule has 0 unspecified atom stereocenters. The number of para-hydroxylation sites is 1. The molecule has 0 aliphatic rings. The lowest BCUT2D eigenvalue weighted by molar-refractivity contribution is 0.302. The van der Waals surface area contributed by atoms with Crippen LogP contribution >= 0.6 is 0 Å². The Morgan fingerprint density at radius 2 is 0.929 bits per heavy atom. The summed E-state index contributed by atoms with van der Waals surface area (Å²) in [5, 5.41) is 0. The predicted molar refractivity (Wildman–Crippen MR) is 125 cm³/mol. The molecule has 0 fully saturated rings. The molecular formula is C27H48O. The molecule has 0 radical (unpaired) electrons. The Balaban J connectivity index is 1.72. The van der Waals surface area contributed by atoms with Gasteiger partial charge in [-0.1, -0.05) is 134 Å². The molecule has 0 N–H and O–H groups in total. The number of hydrogen-bond acceptors (Lipinski definition) is 1. The largest absolute Gasteiger partial charge is 0.493 e. The molecule has 0 aliphatic heterocycles. The van der Waals surface area contributed by atoms with Crippen molar-refractivity contribution in [1.82, 2.24) is 0 Å². The van der Waals surface area contributed by atoms with Crippen LogP contribution in [0.25, 0.3) is 0 Å². The van der Waals surface area contributed by atoms with E-state index in [1.165, 1.54) is 121 Å². The van der Waals surface area contributed by atoms with Gasteiger partial charge in [-0.05, 0) is 25.0 Å². The molecule has 1 heteroatoms. The van der Waals surface area contributed by atoms with Crippen molar-refractivity contribution in [1.29, 1.82) is 0 Å². The van der Waals surface area contributed by atoms with Crippen molar-refractivity contribution in [3.8, 4) is 5.75 Å². The van der Waals surface area contributed by atoms with Crippen LogP contribution in [-0.4, -0.2) is 6.61 Å². The van der Waals surface area contributed by atoms with Gasteiger partial charge >= 0.3 is 0 Å². The summed E-state index contributed by atoms with van der Waals surface area (Å²) < 4.78 is 5.87. The Labute approximate surface area is 176 Å². The first-order valence-corrected chi connectivity index (χ1v) is 12.5. The second-order valence-electron chi connectivity index (χ2n) is 8.62. The van der Waals surface area contributed by atoms with Gasteiger partial charge in [0.15, 0.2) is 0 Å². The van der Waals surface area contributed by atoms with Crippen LogP contribution in [0, 0.1) is 6.92 Å². The summed E-state index contributed by atoms with van der Waals surface area (Å²) in [6.45, 7) is 5.28. The van der Waals surface area contributed by atoms with Crippen LogP contribution in [0.5, 0.6) is 5.75 Å². The minimum atomic E-state index is 0.865. The number of rotatable bonds is 20. The molecule has 1 rings (SSSR count). The number of unbranched alkanes of at least 4 members (excludes halogenated alkanes) is 17. The van der Waals surface area contributed by atoms with Gasteiger partial charge in [-0.15, -0.1) is 0 Å². The lowest BCUT2D eigenvalue weighted by Crippen LogP contribution is -1.98. The summed E-state index contributed by atoms with van der Waals surface area (Å²) >= 11 is 0. The van der Waals surface area contributed by atoms with Crippen molar-refractivity contribution in [3.63, 3.8) is 0 Å². The van der Waals surface area contributed by atoms with Gasteiger partial charge in [-0.2, -0.15) is 0 Å². The highest BCUT2D eigenvalue weighted by atomic mass is 16.5. The van der Waals surface area contributed by atoms with Gasteiger partial charge in [0.1, 0.15) is 5.75 Å². The van der Waals surface area contributed by atoms with E-state index in [0.29, 0.717) is 0 Å². The van der Waals surface area contributed by atoms with Crippen molar-refractivity contribution >= 4 is 0 Å². The average Bonchev–Trinajstić information content (AvgIpc) is 2.71. The standard InChI is InChI=1S/C27H48O/c1-3-4-5-6-7-8-9-10-11-12-13-14-15-16-17-18-19-22-25-28-27-24-21-20-23-26(27)2/h20-21,23-24H,3-19,22,25H2,1-2H3. The lowest BCUT2D eigenvalue weighted by Gasteiger charge is -2.08. The van der Waals surface area contributed by atoms with E-state index in [1.54, 1.807) is 0 Å². The monoisotopic (exact) mass is 388 g/mol. The summed E-state index contributed by atoms with van der Waals surface area (Å²) in [7, 11) is 0. The second kappa shape index (κ2) is 19.3. The quantitative estimate of drug-likeness (QED) is 0.202. The Morgan fingerprint density at radius 1 is 0.536 bits per heavy atom. The van der Waals surface area contributed by atoms with Crippen LogP contribution in [0.15, 0.2) is 24.3 Å². The number of ether oxygens (including phenoxy) is 1. The predicted octanol–water partition coefficient (Wildman–Crippen LogP) is 9.42. The zero-order chi connectivity index (χ0) is 20.1. The maximum absolute atomic E-state index is 5.87. The van der Waals surface area contributed by atoms with E-state index < -0.39 is 0 Å². The summed E-state index contributed by atoms with van der Waals surface area (Å²) in [5.41, 5.74) is 1.24. The SMILES string of the molecule is CCCCCCCCCCCCCCCCCCCCOc1ccccc1C. The normalized spacial score (nSPS) is 11.1. The van der Waals surface area contributed by atoms with Gasteiger partial charge in [-0.3, -0.25) is 0 Å². The van der Waals surface area contributed by atoms with Gasteiger partial charge in [0.05, 0.1) is 6.61 Å². The van der Waals surface area contributed by atoms with E-state index >= 15 is 0 Å². The van der Waals surface area contributed by atoms with E-state index in [9.17, 15) is 0 Å². The topological polar surface area (TPSA) is 9.23 Å². The third kappa shape index (κ3) is 15.0. The highest BCUT2D eigenvalue weighted by Gasteiger charge is 1.98. The van der Waals surface area contributed by atoms with E-state index in [1.807, 2.05) is 0 Å². The van der Waals surface area contributed by atoms with Crippen LogP contribution in [0.1, 0.15) is 128 Å². The number of hydrogen-bond donors (Lipinski definition) is 0. The Hall–Kier alpha value is -0.980. The van der Waals surface area contributed by atoms with Crippen molar-refractivity contribution in [2.45, 2.75) is 129 Å². The van der Waals surface area contributed by atoms with Gasteiger partial charge in [0.25, 0.3) is 0 Å². The fourth-order valence-corrected chi connectivity index (χ4v) is 3.90. The Morgan fingerprint density at radius 3 is 1.36 bits per heavy atom. The first kappa shape index (κ1) is 25.1. The zero-order valence-electron chi connectivity index (χ0n) is 19.2. The molecule has 0 spiro atoms. The van der Waals surface area contributed by atoms with Gasteiger partial charge in [0, 0.05) is 0 Å². The van der Waals surface area contributed by atoms with Crippen LogP contribution in [-0.2, 0) is 0 Å². The molecule has 0 amide bonds. The van der Waals surface area contributed by atoms with Gasteiger partial charge in [0.2, 0.25) is 0 Å². The highest BCUT2D eigenvalue weighted by Crippen LogP contribution is 2.17. The van der Waals surface area contributed by atoms with Crippen LogP contribution in [0.4, 0.5) is 0 Å². The first-order valence-electron chi connectivity index (χ1n) is 12.5. The molecule has 162 valence electrons. The molecule has 0 bridgehead atoms. The molecule has 0 heterocycles. The Kier molecular flexibility index (Phi) is 17.3. The summed E-state index contributed by atoms with van der Waals surface area (Å²) in [6.07, 6.45) is 25.6. The van der Waals surface area contributed by atoms with Crippen LogP contribution in [0.3, 0.4) is 0 Å². The highest BCUT2D eigenvalue weighted by molar-refractivity contribution is 5.31. The molecule has 0 aliphatic carbocycles. The number of aryl methyl sites for hydroxylation is 1. The molecule has 1 aromatic carbocycles. The maximum Gasteiger partial charge on any atom is 0.122 e. The molecule has 0 aromatic heterocycles. The Bertz CT molecular complexity index is 440. The molecule has 0 saturated carbocycles. The summed E-state index contributed by atoms with van der Waals surface area (Å²) in [5.74, 6) is 1.05. The minimum absolute atomic E-state index is 0.865. The second-order valence-corrected chi connectivity index (χ2v) is 8.62. The zero-order valence-corrected chi connectivity index (χ0v) is 19.2. The molecule has 1 aromatic rings. The van der Waals surface area contributed by atoms with E-state index in [4.69, 9.17) is 4.74 Å². The average molecular weight is 389 g/mol. The molecule has 0 atom stereocenters. The van der Waals surface area contributed by atoms with Crippen molar-refractivity contribution in [3.05, 3.63) is 29.8 Å². The van der Waals surface area contributed by atoms with Crippen molar-refractivity contribution in [2.24, 2.45) is 0 Å². The van der Waals surface area contributed by atoms with E-state index in [0.717, 1.165) is 12.4 Å². The fourth-order valence-electron chi connectivity index (χ4n) is 3.90. The maximum atomic E-state index is 5.87. The van der Waals surface area contributed by atoms with Crippen LogP contribution < -0.4 is 4.74 Å². The molecule has 0 saturated heterocycles. The van der Waals surface area contributed by atoms with Crippen LogP contribution in [0.2, 0.25) is 0 Å². The van der Waals surface area contributed by atoms with E-state index in [2.05, 4.69) is 38.1 Å².